The monoisotopic (exact) mass is 440 g/mol. The van der Waals surface area contributed by atoms with Crippen LogP contribution in [0.2, 0.25) is 0 Å². The number of aryl methyl sites for hydroxylation is 2. The van der Waals surface area contributed by atoms with Gasteiger partial charge < -0.3 is 20.5 Å². The highest BCUT2D eigenvalue weighted by Gasteiger charge is 2.21. The summed E-state index contributed by atoms with van der Waals surface area (Å²) in [5, 5.41) is 12.6. The minimum Gasteiger partial charge on any atom is -0.360 e. The van der Waals surface area contributed by atoms with E-state index < -0.39 is 0 Å². The van der Waals surface area contributed by atoms with Crippen LogP contribution in [0.4, 0.5) is 16.2 Å². The Morgan fingerprint density at radius 1 is 0.848 bits per heavy atom. The van der Waals surface area contributed by atoms with Crippen molar-refractivity contribution in [2.75, 3.05) is 10.6 Å². The van der Waals surface area contributed by atoms with Crippen LogP contribution in [-0.2, 0) is 6.54 Å². The molecule has 0 fully saturated rings. The first kappa shape index (κ1) is 21.8. The molecule has 3 N–H and O–H groups in total. The molecule has 33 heavy (non-hydrogen) atoms. The fourth-order valence-corrected chi connectivity index (χ4v) is 3.48. The van der Waals surface area contributed by atoms with Crippen LogP contribution in [0.5, 0.6) is 0 Å². The SMILES string of the molecule is Cc1cccc(NC(=O)Nc2cccc(CNC(=O)c3c(-c4ccccc4)noc3C)c2)c1. The van der Waals surface area contributed by atoms with Gasteiger partial charge in [0.25, 0.3) is 5.91 Å². The Morgan fingerprint density at radius 3 is 2.27 bits per heavy atom. The predicted molar refractivity (Wildman–Crippen MR) is 128 cm³/mol. The molecular formula is C26H24N4O3. The summed E-state index contributed by atoms with van der Waals surface area (Å²) < 4.78 is 5.28. The van der Waals surface area contributed by atoms with Gasteiger partial charge in [0.1, 0.15) is 17.0 Å². The van der Waals surface area contributed by atoms with E-state index in [1.165, 1.54) is 0 Å². The minimum absolute atomic E-state index is 0.275. The Kier molecular flexibility index (Phi) is 6.50. The van der Waals surface area contributed by atoms with Gasteiger partial charge >= 0.3 is 6.03 Å². The Labute approximate surface area is 191 Å². The van der Waals surface area contributed by atoms with Gasteiger partial charge in [-0.05, 0) is 49.2 Å². The van der Waals surface area contributed by atoms with Crippen LogP contribution < -0.4 is 16.0 Å². The molecule has 166 valence electrons. The van der Waals surface area contributed by atoms with Crippen molar-refractivity contribution in [1.82, 2.24) is 10.5 Å². The van der Waals surface area contributed by atoms with E-state index in [1.54, 1.807) is 13.0 Å². The number of nitrogens with one attached hydrogen (secondary N) is 3. The molecule has 4 aromatic rings. The van der Waals surface area contributed by atoms with Gasteiger partial charge in [-0.2, -0.15) is 0 Å². The summed E-state index contributed by atoms with van der Waals surface area (Å²) in [5.74, 6) is 0.178. The lowest BCUT2D eigenvalue weighted by Gasteiger charge is -2.10. The number of carbonyl (C=O) groups excluding carboxylic acids is 2. The predicted octanol–water partition coefficient (Wildman–Crippen LogP) is 5.53. The largest absolute Gasteiger partial charge is 0.360 e. The quantitative estimate of drug-likeness (QED) is 0.367. The molecule has 3 aromatic carbocycles. The molecule has 0 bridgehead atoms. The second-order valence-corrected chi connectivity index (χ2v) is 7.66. The lowest BCUT2D eigenvalue weighted by Crippen LogP contribution is -2.24. The first-order valence-electron chi connectivity index (χ1n) is 10.5. The number of anilines is 2. The number of benzene rings is 3. The van der Waals surface area contributed by atoms with Crippen molar-refractivity contribution >= 4 is 23.3 Å². The number of nitrogens with zero attached hydrogens (tertiary/aromatic N) is 1. The van der Waals surface area contributed by atoms with Crippen LogP contribution in [-0.4, -0.2) is 17.1 Å². The van der Waals surface area contributed by atoms with Gasteiger partial charge in [-0.25, -0.2) is 4.79 Å². The smallest absolute Gasteiger partial charge is 0.323 e. The van der Waals surface area contributed by atoms with Crippen molar-refractivity contribution in [2.45, 2.75) is 20.4 Å². The van der Waals surface area contributed by atoms with Crippen molar-refractivity contribution in [3.8, 4) is 11.3 Å². The van der Waals surface area contributed by atoms with Gasteiger partial charge in [-0.1, -0.05) is 59.8 Å². The zero-order valence-corrected chi connectivity index (χ0v) is 18.4. The molecule has 3 amide bonds. The lowest BCUT2D eigenvalue weighted by molar-refractivity contribution is 0.0950. The molecule has 0 radical (unpaired) electrons. The van der Waals surface area contributed by atoms with Crippen molar-refractivity contribution in [3.63, 3.8) is 0 Å². The Hall–Kier alpha value is -4.39. The van der Waals surface area contributed by atoms with Gasteiger partial charge in [0.05, 0.1) is 0 Å². The molecule has 1 heterocycles. The topological polar surface area (TPSA) is 96.3 Å². The molecule has 1 aromatic heterocycles. The van der Waals surface area contributed by atoms with Crippen LogP contribution in [0.1, 0.15) is 27.2 Å². The number of amides is 3. The van der Waals surface area contributed by atoms with Crippen molar-refractivity contribution in [2.24, 2.45) is 0 Å². The Morgan fingerprint density at radius 2 is 1.55 bits per heavy atom. The molecule has 0 aliphatic heterocycles. The highest BCUT2D eigenvalue weighted by atomic mass is 16.5. The third-order valence-electron chi connectivity index (χ3n) is 5.05. The van der Waals surface area contributed by atoms with Gasteiger partial charge in [-0.3, -0.25) is 4.79 Å². The van der Waals surface area contributed by atoms with E-state index in [9.17, 15) is 9.59 Å². The fourth-order valence-electron chi connectivity index (χ4n) is 3.48. The maximum Gasteiger partial charge on any atom is 0.323 e. The van der Waals surface area contributed by atoms with E-state index in [2.05, 4.69) is 21.1 Å². The van der Waals surface area contributed by atoms with Crippen molar-refractivity contribution < 1.29 is 14.1 Å². The molecular weight excluding hydrogens is 416 g/mol. The van der Waals surface area contributed by atoms with Crippen LogP contribution in [0.3, 0.4) is 0 Å². The Balaban J connectivity index is 1.40. The second-order valence-electron chi connectivity index (χ2n) is 7.66. The molecule has 4 rings (SSSR count). The van der Waals surface area contributed by atoms with Gasteiger partial charge in [0, 0.05) is 23.5 Å². The summed E-state index contributed by atoms with van der Waals surface area (Å²) in [7, 11) is 0. The van der Waals surface area contributed by atoms with E-state index in [4.69, 9.17) is 4.52 Å². The van der Waals surface area contributed by atoms with Crippen LogP contribution in [0, 0.1) is 13.8 Å². The maximum atomic E-state index is 12.9. The third kappa shape index (κ3) is 5.46. The van der Waals surface area contributed by atoms with E-state index in [1.807, 2.05) is 79.7 Å². The third-order valence-corrected chi connectivity index (χ3v) is 5.05. The Bertz CT molecular complexity index is 1280. The fraction of sp³-hybridized carbons (Fsp3) is 0.115. The summed E-state index contributed by atoms with van der Waals surface area (Å²) >= 11 is 0. The number of carbonyl (C=O) groups is 2. The zero-order valence-electron chi connectivity index (χ0n) is 18.4. The number of urea groups is 1. The summed E-state index contributed by atoms with van der Waals surface area (Å²) in [5.41, 5.74) is 4.97. The normalized spacial score (nSPS) is 10.5. The molecule has 0 unspecified atom stereocenters. The molecule has 0 aliphatic rings. The summed E-state index contributed by atoms with van der Waals surface area (Å²) in [6.45, 7) is 3.96. The van der Waals surface area contributed by atoms with E-state index in [0.717, 1.165) is 16.7 Å². The standard InChI is InChI=1S/C26H24N4O3/c1-17-8-6-12-21(14-17)28-26(32)29-22-13-7-9-19(15-22)16-27-25(31)23-18(2)33-30-24(23)20-10-4-3-5-11-20/h3-15H,16H2,1-2H3,(H,27,31)(H2,28,29,32). The van der Waals surface area contributed by atoms with Crippen LogP contribution >= 0.6 is 0 Å². The first-order valence-corrected chi connectivity index (χ1v) is 10.5. The van der Waals surface area contributed by atoms with Gasteiger partial charge in [0.2, 0.25) is 0 Å². The van der Waals surface area contributed by atoms with Crippen LogP contribution in [0.25, 0.3) is 11.3 Å². The van der Waals surface area contributed by atoms with Gasteiger partial charge in [0.15, 0.2) is 0 Å². The summed E-state index contributed by atoms with van der Waals surface area (Å²) in [6.07, 6.45) is 0. The molecule has 0 saturated heterocycles. The highest BCUT2D eigenvalue weighted by molar-refractivity contribution is 6.01. The average molecular weight is 441 g/mol. The van der Waals surface area contributed by atoms with Crippen LogP contribution in [0.15, 0.2) is 83.4 Å². The molecule has 0 spiro atoms. The lowest BCUT2D eigenvalue weighted by atomic mass is 10.1. The molecule has 0 atom stereocenters. The first-order chi connectivity index (χ1) is 16.0. The summed E-state index contributed by atoms with van der Waals surface area (Å²) in [6, 6.07) is 24.0. The highest BCUT2D eigenvalue weighted by Crippen LogP contribution is 2.25. The van der Waals surface area contributed by atoms with Gasteiger partial charge in [-0.15, -0.1) is 0 Å². The zero-order chi connectivity index (χ0) is 23.2. The number of aromatic nitrogens is 1. The second kappa shape index (κ2) is 9.82. The van der Waals surface area contributed by atoms with Crippen molar-refractivity contribution in [1.29, 1.82) is 0 Å². The van der Waals surface area contributed by atoms with E-state index in [-0.39, 0.29) is 18.5 Å². The average Bonchev–Trinajstić information content (AvgIpc) is 3.20. The molecule has 0 saturated carbocycles. The number of hydrogen-bond donors (Lipinski definition) is 3. The van der Waals surface area contributed by atoms with Crippen molar-refractivity contribution in [3.05, 3.63) is 101 Å². The maximum absolute atomic E-state index is 12.9. The summed E-state index contributed by atoms with van der Waals surface area (Å²) in [4.78, 5) is 25.2. The van der Waals surface area contributed by atoms with E-state index >= 15 is 0 Å². The minimum atomic E-state index is -0.339. The molecule has 7 heteroatoms. The molecule has 0 aliphatic carbocycles. The molecule has 7 nitrogen and oxygen atoms in total. The van der Waals surface area contributed by atoms with E-state index in [0.29, 0.717) is 28.4 Å². The number of hydrogen-bond acceptors (Lipinski definition) is 4. The number of rotatable bonds is 6.